The smallest absolute Gasteiger partial charge is 0.161 e. The van der Waals surface area contributed by atoms with Gasteiger partial charge in [0, 0.05) is 0 Å². The molecule has 2 rings (SSSR count). The number of benzene rings is 2. The second-order valence-corrected chi connectivity index (χ2v) is 5.33. The SMILES string of the molecule is COc1cc(/C=C(O)/C(O)=C/c2ccc(CO)c(CO)c2)ccc1O. The first kappa shape index (κ1) is 18.4. The molecule has 0 spiro atoms. The molecule has 0 unspecified atom stereocenters. The largest absolute Gasteiger partial charge is 0.504 e. The summed E-state index contributed by atoms with van der Waals surface area (Å²) in [5, 5.41) is 48.1. The second kappa shape index (κ2) is 8.23. The zero-order valence-corrected chi connectivity index (χ0v) is 13.7. The normalized spacial score (nSPS) is 12.3. The van der Waals surface area contributed by atoms with Crippen molar-refractivity contribution in [2.24, 2.45) is 0 Å². The Morgan fingerprint density at radius 3 is 2.00 bits per heavy atom. The Morgan fingerprint density at radius 1 is 0.880 bits per heavy atom. The first-order chi connectivity index (χ1) is 12.0. The van der Waals surface area contributed by atoms with E-state index in [4.69, 9.17) is 4.74 Å². The minimum atomic E-state index is -0.371. The number of aliphatic hydroxyl groups is 4. The topological polar surface area (TPSA) is 110 Å². The van der Waals surface area contributed by atoms with Gasteiger partial charge in [-0.1, -0.05) is 18.2 Å². The molecule has 25 heavy (non-hydrogen) atoms. The van der Waals surface area contributed by atoms with E-state index in [1.807, 2.05) is 0 Å². The van der Waals surface area contributed by atoms with Crippen LogP contribution in [-0.4, -0.2) is 32.6 Å². The molecule has 0 aliphatic rings. The van der Waals surface area contributed by atoms with Crippen molar-refractivity contribution < 1.29 is 30.3 Å². The van der Waals surface area contributed by atoms with Crippen LogP contribution in [0.2, 0.25) is 0 Å². The fourth-order valence-electron chi connectivity index (χ4n) is 2.28. The number of hydrogen-bond donors (Lipinski definition) is 5. The highest BCUT2D eigenvalue weighted by molar-refractivity contribution is 5.64. The highest BCUT2D eigenvalue weighted by Gasteiger charge is 2.06. The Balaban J connectivity index is 2.29. The first-order valence-corrected chi connectivity index (χ1v) is 7.50. The fourth-order valence-corrected chi connectivity index (χ4v) is 2.28. The van der Waals surface area contributed by atoms with E-state index < -0.39 is 0 Å². The van der Waals surface area contributed by atoms with Crippen molar-refractivity contribution in [1.29, 1.82) is 0 Å². The molecule has 0 bridgehead atoms. The van der Waals surface area contributed by atoms with Gasteiger partial charge in [-0.2, -0.15) is 0 Å². The van der Waals surface area contributed by atoms with Gasteiger partial charge in [-0.15, -0.1) is 0 Å². The molecule has 0 atom stereocenters. The fraction of sp³-hybridized carbons (Fsp3) is 0.158. The molecule has 2 aromatic rings. The third-order valence-electron chi connectivity index (χ3n) is 3.64. The van der Waals surface area contributed by atoms with E-state index >= 15 is 0 Å². The number of rotatable bonds is 6. The lowest BCUT2D eigenvalue weighted by atomic mass is 10.0. The molecule has 0 saturated heterocycles. The Bertz CT molecular complexity index is 808. The maximum atomic E-state index is 10.1. The number of aromatic hydroxyl groups is 1. The van der Waals surface area contributed by atoms with Crippen molar-refractivity contribution in [1.82, 2.24) is 0 Å². The molecular formula is C19H20O6. The summed E-state index contributed by atoms with van der Waals surface area (Å²) in [7, 11) is 1.41. The van der Waals surface area contributed by atoms with Gasteiger partial charge >= 0.3 is 0 Å². The van der Waals surface area contributed by atoms with E-state index in [0.717, 1.165) is 0 Å². The molecule has 6 heteroatoms. The van der Waals surface area contributed by atoms with Gasteiger partial charge in [0.15, 0.2) is 23.0 Å². The van der Waals surface area contributed by atoms with E-state index in [1.54, 1.807) is 24.3 Å². The van der Waals surface area contributed by atoms with E-state index in [1.165, 1.54) is 31.4 Å². The zero-order chi connectivity index (χ0) is 18.4. The molecule has 0 aliphatic heterocycles. The summed E-state index contributed by atoms with van der Waals surface area (Å²) in [5.41, 5.74) is 2.21. The summed E-state index contributed by atoms with van der Waals surface area (Å²) in [6, 6.07) is 9.38. The first-order valence-electron chi connectivity index (χ1n) is 7.50. The minimum Gasteiger partial charge on any atom is -0.504 e. The minimum absolute atomic E-state index is 0.0283. The van der Waals surface area contributed by atoms with Gasteiger partial charge in [-0.05, 0) is 52.6 Å². The summed E-state index contributed by atoms with van der Waals surface area (Å²) in [5.74, 6) is -0.520. The van der Waals surface area contributed by atoms with E-state index in [2.05, 4.69) is 0 Å². The van der Waals surface area contributed by atoms with E-state index in [0.29, 0.717) is 22.3 Å². The predicted octanol–water partition coefficient (Wildman–Crippen LogP) is 2.88. The Morgan fingerprint density at radius 2 is 1.44 bits per heavy atom. The Hall–Kier alpha value is -2.96. The number of methoxy groups -OCH3 is 1. The molecule has 5 N–H and O–H groups in total. The van der Waals surface area contributed by atoms with E-state index in [9.17, 15) is 25.5 Å². The van der Waals surface area contributed by atoms with Crippen LogP contribution in [0.3, 0.4) is 0 Å². The summed E-state index contributed by atoms with van der Waals surface area (Å²) in [6.45, 7) is -0.437. The highest BCUT2D eigenvalue weighted by atomic mass is 16.5. The third kappa shape index (κ3) is 4.53. The van der Waals surface area contributed by atoms with Crippen molar-refractivity contribution in [3.05, 3.63) is 70.2 Å². The molecule has 2 aromatic carbocycles. The van der Waals surface area contributed by atoms with Gasteiger partial charge in [0.25, 0.3) is 0 Å². The monoisotopic (exact) mass is 344 g/mol. The van der Waals surface area contributed by atoms with Crippen LogP contribution < -0.4 is 4.74 Å². The maximum absolute atomic E-state index is 10.1. The number of aliphatic hydroxyl groups excluding tert-OH is 4. The quantitative estimate of drug-likeness (QED) is 0.407. The molecule has 0 radical (unpaired) electrons. The lowest BCUT2D eigenvalue weighted by Crippen LogP contribution is -1.95. The van der Waals surface area contributed by atoms with Gasteiger partial charge < -0.3 is 30.3 Å². The average Bonchev–Trinajstić information content (AvgIpc) is 2.62. The van der Waals surface area contributed by atoms with Crippen LogP contribution in [0.25, 0.3) is 12.2 Å². The molecule has 0 heterocycles. The Kier molecular flexibility index (Phi) is 6.05. The van der Waals surface area contributed by atoms with Gasteiger partial charge in [-0.3, -0.25) is 0 Å². The standard InChI is InChI=1S/C19H20O6/c1-25-19-9-13(3-5-16(19)22)8-18(24)17(23)7-12-2-4-14(10-20)15(6-12)11-21/h2-9,20-24H,10-11H2,1H3/b17-7-,18-8-. The van der Waals surface area contributed by atoms with Crippen LogP contribution in [0.5, 0.6) is 11.5 Å². The van der Waals surface area contributed by atoms with Gasteiger partial charge in [0.05, 0.1) is 20.3 Å². The molecule has 0 amide bonds. The number of phenols is 1. The van der Waals surface area contributed by atoms with E-state index in [-0.39, 0.29) is 36.2 Å². The Labute approximate surface area is 145 Å². The van der Waals surface area contributed by atoms with Gasteiger partial charge in [0.2, 0.25) is 0 Å². The summed E-state index contributed by atoms with van der Waals surface area (Å²) < 4.78 is 4.99. The van der Waals surface area contributed by atoms with Crippen molar-refractivity contribution in [2.75, 3.05) is 7.11 Å². The molecule has 0 aliphatic carbocycles. The number of hydrogen-bond acceptors (Lipinski definition) is 6. The van der Waals surface area contributed by atoms with Crippen molar-refractivity contribution in [3.63, 3.8) is 0 Å². The summed E-state index contributed by atoms with van der Waals surface area (Å²) in [6.07, 6.45) is 2.66. The number of phenolic OH excluding ortho intramolecular Hbond substituents is 1. The highest BCUT2D eigenvalue weighted by Crippen LogP contribution is 2.27. The van der Waals surface area contributed by atoms with Crippen LogP contribution in [-0.2, 0) is 13.2 Å². The van der Waals surface area contributed by atoms with Gasteiger partial charge in [-0.25, -0.2) is 0 Å². The average molecular weight is 344 g/mol. The third-order valence-corrected chi connectivity index (χ3v) is 3.64. The maximum Gasteiger partial charge on any atom is 0.161 e. The summed E-state index contributed by atoms with van der Waals surface area (Å²) >= 11 is 0. The molecule has 0 fully saturated rings. The predicted molar refractivity (Wildman–Crippen MR) is 94.2 cm³/mol. The molecule has 6 nitrogen and oxygen atoms in total. The van der Waals surface area contributed by atoms with Crippen LogP contribution in [0.4, 0.5) is 0 Å². The van der Waals surface area contributed by atoms with Crippen LogP contribution >= 0.6 is 0 Å². The van der Waals surface area contributed by atoms with Crippen molar-refractivity contribution in [3.8, 4) is 11.5 Å². The summed E-state index contributed by atoms with van der Waals surface area (Å²) in [4.78, 5) is 0. The van der Waals surface area contributed by atoms with Crippen LogP contribution in [0.15, 0.2) is 47.9 Å². The molecular weight excluding hydrogens is 324 g/mol. The second-order valence-electron chi connectivity index (χ2n) is 5.33. The van der Waals surface area contributed by atoms with Crippen molar-refractivity contribution >= 4 is 12.2 Å². The zero-order valence-electron chi connectivity index (χ0n) is 13.7. The van der Waals surface area contributed by atoms with Gasteiger partial charge in [0.1, 0.15) is 0 Å². The lowest BCUT2D eigenvalue weighted by molar-refractivity contribution is 0.260. The number of ether oxygens (including phenoxy) is 1. The van der Waals surface area contributed by atoms with Crippen LogP contribution in [0, 0.1) is 0 Å². The molecule has 132 valence electrons. The van der Waals surface area contributed by atoms with Crippen LogP contribution in [0.1, 0.15) is 22.3 Å². The molecule has 0 aromatic heterocycles. The van der Waals surface area contributed by atoms with Crippen molar-refractivity contribution in [2.45, 2.75) is 13.2 Å². The molecule has 0 saturated carbocycles. The lowest BCUT2D eigenvalue weighted by Gasteiger charge is -2.07.